The molecule has 0 aromatic rings. The van der Waals surface area contributed by atoms with E-state index in [1.807, 2.05) is 0 Å². The fourth-order valence-electron chi connectivity index (χ4n) is 0.610. The van der Waals surface area contributed by atoms with Crippen molar-refractivity contribution in [3.8, 4) is 0 Å². The third-order valence-electron chi connectivity index (χ3n) is 1.96. The highest BCUT2D eigenvalue weighted by Crippen LogP contribution is 1.95. The van der Waals surface area contributed by atoms with Crippen LogP contribution in [0, 0.1) is 0 Å². The number of rotatable bonds is 5. The van der Waals surface area contributed by atoms with E-state index in [0.717, 1.165) is 17.6 Å². The van der Waals surface area contributed by atoms with Gasteiger partial charge in [-0.1, -0.05) is 6.58 Å². The molecule has 0 atom stereocenters. The van der Waals surface area contributed by atoms with Crippen LogP contribution in [-0.2, 0) is 9.53 Å². The molecular formula is C9H18FNO2. The molecule has 0 aliphatic heterocycles. The number of halogens is 1. The summed E-state index contributed by atoms with van der Waals surface area (Å²) >= 11 is 0. The molecule has 0 saturated carbocycles. The third kappa shape index (κ3) is 7.46. The van der Waals surface area contributed by atoms with E-state index < -0.39 is 0 Å². The zero-order valence-electron chi connectivity index (χ0n) is 8.55. The van der Waals surface area contributed by atoms with Crippen molar-refractivity contribution < 1.29 is 18.7 Å². The predicted molar refractivity (Wildman–Crippen MR) is 48.7 cm³/mol. The quantitative estimate of drug-likeness (QED) is 0.280. The van der Waals surface area contributed by atoms with E-state index in [2.05, 4.69) is 27.6 Å². The molecule has 0 heterocycles. The Morgan fingerprint density at radius 2 is 2.08 bits per heavy atom. The predicted octanol–water partition coefficient (Wildman–Crippen LogP) is -2.18. The molecule has 0 aromatic carbocycles. The Hall–Kier alpha value is -0.900. The van der Waals surface area contributed by atoms with E-state index in [1.165, 1.54) is 6.08 Å². The average Bonchev–Trinajstić information content (AvgIpc) is 2.04. The van der Waals surface area contributed by atoms with Crippen molar-refractivity contribution >= 4 is 5.97 Å². The maximum atomic E-state index is 10.6. The molecular weight excluding hydrogens is 173 g/mol. The Morgan fingerprint density at radius 1 is 1.54 bits per heavy atom. The number of likely N-dealkylation sites (N-methyl/N-ethyl adjacent to an activating group) is 1. The number of hydrogen-bond donors (Lipinski definition) is 0. The molecule has 0 aliphatic carbocycles. The molecule has 0 N–H and O–H groups in total. The molecule has 0 radical (unpaired) electrons. The van der Waals surface area contributed by atoms with Gasteiger partial charge >= 0.3 is 5.97 Å². The van der Waals surface area contributed by atoms with Crippen molar-refractivity contribution in [3.05, 3.63) is 12.7 Å². The van der Waals surface area contributed by atoms with Gasteiger partial charge in [-0.15, -0.1) is 0 Å². The zero-order chi connectivity index (χ0) is 9.61. The molecule has 0 aliphatic rings. The van der Waals surface area contributed by atoms with E-state index in [-0.39, 0.29) is 10.7 Å². The minimum atomic E-state index is -0.342. The van der Waals surface area contributed by atoms with Crippen LogP contribution in [0.1, 0.15) is 6.92 Å². The fourth-order valence-corrected chi connectivity index (χ4v) is 0.610. The van der Waals surface area contributed by atoms with Gasteiger partial charge in [-0.05, 0) is 6.92 Å². The van der Waals surface area contributed by atoms with Gasteiger partial charge in [0.05, 0.1) is 20.6 Å². The number of esters is 1. The van der Waals surface area contributed by atoms with Gasteiger partial charge in [0.1, 0.15) is 13.2 Å². The highest BCUT2D eigenvalue weighted by molar-refractivity contribution is 5.81. The number of quaternary nitrogens is 1. The molecule has 0 amide bonds. The van der Waals surface area contributed by atoms with E-state index in [0.29, 0.717) is 6.61 Å². The molecule has 0 bridgehead atoms. The second kappa shape index (κ2) is 6.60. The minimum absolute atomic E-state index is 0. The van der Waals surface area contributed by atoms with Gasteiger partial charge in [-0.2, -0.15) is 0 Å². The zero-order valence-corrected chi connectivity index (χ0v) is 8.55. The van der Waals surface area contributed by atoms with Crippen molar-refractivity contribution in [1.82, 2.24) is 0 Å². The second-order valence-electron chi connectivity index (χ2n) is 3.35. The summed E-state index contributed by atoms with van der Waals surface area (Å²) in [7, 11) is 4.20. The van der Waals surface area contributed by atoms with Gasteiger partial charge < -0.3 is 13.9 Å². The van der Waals surface area contributed by atoms with Gasteiger partial charge in [0, 0.05) is 6.08 Å². The topological polar surface area (TPSA) is 26.3 Å². The van der Waals surface area contributed by atoms with Crippen LogP contribution in [0.5, 0.6) is 0 Å². The molecule has 0 rings (SSSR count). The van der Waals surface area contributed by atoms with E-state index in [1.54, 1.807) is 0 Å². The molecule has 4 heteroatoms. The molecule has 0 spiro atoms. The van der Waals surface area contributed by atoms with Crippen LogP contribution in [0.3, 0.4) is 0 Å². The Bertz CT molecular complexity index is 169. The van der Waals surface area contributed by atoms with E-state index in [4.69, 9.17) is 4.74 Å². The fraction of sp³-hybridized carbons (Fsp3) is 0.667. The Labute approximate surface area is 78.9 Å². The Balaban J connectivity index is 0. The molecule has 13 heavy (non-hydrogen) atoms. The van der Waals surface area contributed by atoms with Crippen LogP contribution < -0.4 is 4.70 Å². The van der Waals surface area contributed by atoms with Gasteiger partial charge in [0.15, 0.2) is 0 Å². The molecule has 0 saturated heterocycles. The van der Waals surface area contributed by atoms with Crippen LogP contribution in [0.2, 0.25) is 0 Å². The number of nitrogens with zero attached hydrogens (tertiary/aromatic N) is 1. The first kappa shape index (κ1) is 14.6. The summed E-state index contributed by atoms with van der Waals surface area (Å²) in [5.74, 6) is -0.342. The van der Waals surface area contributed by atoms with Crippen LogP contribution in [0.25, 0.3) is 0 Å². The maximum absolute atomic E-state index is 10.6. The van der Waals surface area contributed by atoms with Gasteiger partial charge in [0.2, 0.25) is 0 Å². The standard InChI is InChI=1S/C9H18NO2.FH/c1-5-9(11)12-8-7-10(3,4)6-2;/h5H,1,6-8H2,2-4H3;1H/q+1;/p-1. The number of ether oxygens (including phenoxy) is 1. The first-order valence-electron chi connectivity index (χ1n) is 4.13. The molecule has 0 aromatic heterocycles. The summed E-state index contributed by atoms with van der Waals surface area (Å²) in [5, 5.41) is 0. The summed E-state index contributed by atoms with van der Waals surface area (Å²) in [6, 6.07) is 0. The summed E-state index contributed by atoms with van der Waals surface area (Å²) in [5.41, 5.74) is 0. The lowest BCUT2D eigenvalue weighted by atomic mass is 10.4. The van der Waals surface area contributed by atoms with Crippen LogP contribution >= 0.6 is 0 Å². The minimum Gasteiger partial charge on any atom is -1.00 e. The molecule has 0 fully saturated rings. The SMILES string of the molecule is C=CC(=O)OCC[N+](C)(C)CC.[F-]. The van der Waals surface area contributed by atoms with Crippen molar-refractivity contribution in [3.63, 3.8) is 0 Å². The largest absolute Gasteiger partial charge is 1.00 e. The summed E-state index contributed by atoms with van der Waals surface area (Å²) in [4.78, 5) is 10.6. The highest BCUT2D eigenvalue weighted by atomic mass is 19.0. The van der Waals surface area contributed by atoms with Crippen LogP contribution in [0.15, 0.2) is 12.7 Å². The Kier molecular flexibility index (Phi) is 7.42. The number of hydrogen-bond acceptors (Lipinski definition) is 2. The smallest absolute Gasteiger partial charge is 0.330 e. The van der Waals surface area contributed by atoms with E-state index in [9.17, 15) is 4.79 Å². The summed E-state index contributed by atoms with van der Waals surface area (Å²) in [6.45, 7) is 7.76. The maximum Gasteiger partial charge on any atom is 0.330 e. The molecule has 0 unspecified atom stereocenters. The highest BCUT2D eigenvalue weighted by Gasteiger charge is 2.11. The number of carbonyl (C=O) groups is 1. The summed E-state index contributed by atoms with van der Waals surface area (Å²) < 4.78 is 5.72. The van der Waals surface area contributed by atoms with Crippen LogP contribution in [-0.4, -0.2) is 44.2 Å². The van der Waals surface area contributed by atoms with Crippen molar-refractivity contribution in [2.24, 2.45) is 0 Å². The first-order chi connectivity index (χ1) is 5.52. The van der Waals surface area contributed by atoms with Crippen molar-refractivity contribution in [2.45, 2.75) is 6.92 Å². The van der Waals surface area contributed by atoms with Gasteiger partial charge in [-0.3, -0.25) is 0 Å². The van der Waals surface area contributed by atoms with Crippen LogP contribution in [0.4, 0.5) is 0 Å². The lowest BCUT2D eigenvalue weighted by Gasteiger charge is -2.27. The number of carbonyl (C=O) groups excluding carboxylic acids is 1. The molecule has 78 valence electrons. The molecule has 3 nitrogen and oxygen atoms in total. The first-order valence-corrected chi connectivity index (χ1v) is 4.13. The Morgan fingerprint density at radius 3 is 2.46 bits per heavy atom. The summed E-state index contributed by atoms with van der Waals surface area (Å²) in [6.07, 6.45) is 1.19. The normalized spacial score (nSPS) is 10.1. The van der Waals surface area contributed by atoms with E-state index >= 15 is 0 Å². The average molecular weight is 191 g/mol. The third-order valence-corrected chi connectivity index (χ3v) is 1.96. The lowest BCUT2D eigenvalue weighted by molar-refractivity contribution is -0.888. The van der Waals surface area contributed by atoms with Gasteiger partial charge in [0.25, 0.3) is 0 Å². The van der Waals surface area contributed by atoms with Crippen molar-refractivity contribution in [1.29, 1.82) is 0 Å². The van der Waals surface area contributed by atoms with Crippen molar-refractivity contribution in [2.75, 3.05) is 33.8 Å². The lowest BCUT2D eigenvalue weighted by Crippen LogP contribution is -3.00. The second-order valence-corrected chi connectivity index (χ2v) is 3.35. The van der Waals surface area contributed by atoms with Gasteiger partial charge in [-0.25, -0.2) is 4.79 Å². The monoisotopic (exact) mass is 191 g/mol.